The molecule has 9 heteroatoms. The van der Waals surface area contributed by atoms with E-state index >= 15 is 0 Å². The summed E-state index contributed by atoms with van der Waals surface area (Å²) in [5.41, 5.74) is 12.9. The molecule has 0 radical (unpaired) electrons. The Morgan fingerprint density at radius 2 is 1.64 bits per heavy atom. The molecule has 0 aromatic heterocycles. The largest absolute Gasteiger partial charge is 0.497 e. The molecule has 0 bridgehead atoms. The number of methoxy groups -OCH3 is 1. The van der Waals surface area contributed by atoms with Crippen LogP contribution in [0.2, 0.25) is 0 Å². The average Bonchev–Trinajstić information content (AvgIpc) is 2.90. The molecular formula is C30H44N4O5. The summed E-state index contributed by atoms with van der Waals surface area (Å²) in [7, 11) is 1.60. The molecular weight excluding hydrogens is 496 g/mol. The van der Waals surface area contributed by atoms with E-state index in [-0.39, 0.29) is 35.1 Å². The van der Waals surface area contributed by atoms with Crippen LogP contribution in [-0.4, -0.2) is 60.6 Å². The normalized spacial score (nSPS) is 12.7. The number of nitrogens with one attached hydrogen (secondary N) is 1. The molecule has 2 atom stereocenters. The van der Waals surface area contributed by atoms with Gasteiger partial charge in [-0.25, -0.2) is 0 Å². The Morgan fingerprint density at radius 3 is 2.18 bits per heavy atom. The molecule has 0 saturated carbocycles. The molecule has 0 aliphatic rings. The summed E-state index contributed by atoms with van der Waals surface area (Å²) in [6.07, 6.45) is 1.02. The standard InChI is InChI=1S/C30H44N4O5/c1-6-11-34(12-7-2)30(38)25-16-21(28(31)36)15-24(29(32)37)27(25)23(13-19(3)4)26(35)18-33-17-20-9-8-10-22(14-20)39-5/h8-10,14-16,19,23,26,33,35H,6-7,11-13,17-18H2,1-5H3,(H2,31,36)(H2,32,37)/t23-,26+/m1/s1. The van der Waals surface area contributed by atoms with Gasteiger partial charge >= 0.3 is 0 Å². The minimum atomic E-state index is -0.951. The van der Waals surface area contributed by atoms with E-state index in [0.29, 0.717) is 31.6 Å². The molecule has 0 aliphatic heterocycles. The first-order valence-electron chi connectivity index (χ1n) is 13.6. The maximum Gasteiger partial charge on any atom is 0.254 e. The first-order valence-corrected chi connectivity index (χ1v) is 13.6. The number of carbonyl (C=O) groups is 3. The van der Waals surface area contributed by atoms with Crippen LogP contribution in [0.4, 0.5) is 0 Å². The summed E-state index contributed by atoms with van der Waals surface area (Å²) in [6, 6.07) is 10.4. The molecule has 0 heterocycles. The fourth-order valence-electron chi connectivity index (χ4n) is 4.87. The van der Waals surface area contributed by atoms with Crippen LogP contribution in [-0.2, 0) is 6.54 Å². The van der Waals surface area contributed by atoms with Gasteiger partial charge in [0.2, 0.25) is 11.8 Å². The van der Waals surface area contributed by atoms with Gasteiger partial charge in [-0.2, -0.15) is 0 Å². The molecule has 2 aromatic carbocycles. The fraction of sp³-hybridized carbons (Fsp3) is 0.500. The number of aliphatic hydroxyl groups is 1. The molecule has 0 fully saturated rings. The number of rotatable bonds is 16. The highest BCUT2D eigenvalue weighted by Crippen LogP contribution is 2.34. The molecule has 6 N–H and O–H groups in total. The van der Waals surface area contributed by atoms with E-state index in [1.54, 1.807) is 12.0 Å². The maximum absolute atomic E-state index is 13.9. The molecule has 39 heavy (non-hydrogen) atoms. The first kappa shape index (κ1) is 31.8. The summed E-state index contributed by atoms with van der Waals surface area (Å²) >= 11 is 0. The van der Waals surface area contributed by atoms with Crippen molar-refractivity contribution >= 4 is 17.7 Å². The van der Waals surface area contributed by atoms with E-state index in [1.165, 1.54) is 12.1 Å². The van der Waals surface area contributed by atoms with Crippen molar-refractivity contribution < 1.29 is 24.2 Å². The van der Waals surface area contributed by atoms with Crippen LogP contribution < -0.4 is 21.5 Å². The van der Waals surface area contributed by atoms with Gasteiger partial charge in [0, 0.05) is 48.8 Å². The van der Waals surface area contributed by atoms with Crippen molar-refractivity contribution in [3.05, 3.63) is 64.2 Å². The minimum Gasteiger partial charge on any atom is -0.497 e. The number of nitrogens with two attached hydrogens (primary N) is 2. The predicted molar refractivity (Wildman–Crippen MR) is 153 cm³/mol. The zero-order chi connectivity index (χ0) is 29.1. The smallest absolute Gasteiger partial charge is 0.254 e. The minimum absolute atomic E-state index is 0.0257. The van der Waals surface area contributed by atoms with Crippen LogP contribution in [0, 0.1) is 5.92 Å². The van der Waals surface area contributed by atoms with Gasteiger partial charge in [-0.05, 0) is 60.6 Å². The number of hydrogen-bond donors (Lipinski definition) is 4. The topological polar surface area (TPSA) is 148 Å². The highest BCUT2D eigenvalue weighted by atomic mass is 16.5. The van der Waals surface area contributed by atoms with Crippen molar-refractivity contribution in [3.63, 3.8) is 0 Å². The molecule has 0 spiro atoms. The summed E-state index contributed by atoms with van der Waals surface area (Å²) in [5, 5.41) is 14.7. The number of primary amides is 2. The second kappa shape index (κ2) is 15.2. The summed E-state index contributed by atoms with van der Waals surface area (Å²) < 4.78 is 5.28. The average molecular weight is 541 g/mol. The van der Waals surface area contributed by atoms with Crippen molar-refractivity contribution in [2.75, 3.05) is 26.7 Å². The van der Waals surface area contributed by atoms with Gasteiger partial charge in [0.25, 0.3) is 5.91 Å². The van der Waals surface area contributed by atoms with Gasteiger partial charge in [-0.3, -0.25) is 14.4 Å². The first-order chi connectivity index (χ1) is 18.5. The van der Waals surface area contributed by atoms with Crippen LogP contribution in [0.5, 0.6) is 5.75 Å². The summed E-state index contributed by atoms with van der Waals surface area (Å²) in [6.45, 7) is 9.68. The maximum atomic E-state index is 13.9. The van der Waals surface area contributed by atoms with E-state index in [2.05, 4.69) is 5.32 Å². The van der Waals surface area contributed by atoms with E-state index < -0.39 is 23.8 Å². The van der Waals surface area contributed by atoms with Crippen molar-refractivity contribution in [2.24, 2.45) is 17.4 Å². The van der Waals surface area contributed by atoms with Crippen LogP contribution in [0.3, 0.4) is 0 Å². The van der Waals surface area contributed by atoms with Crippen LogP contribution in [0.25, 0.3) is 0 Å². The third-order valence-electron chi connectivity index (χ3n) is 6.61. The summed E-state index contributed by atoms with van der Waals surface area (Å²) in [4.78, 5) is 40.4. The fourth-order valence-corrected chi connectivity index (χ4v) is 4.87. The molecule has 2 rings (SSSR count). The lowest BCUT2D eigenvalue weighted by atomic mass is 9.79. The zero-order valence-electron chi connectivity index (χ0n) is 23.8. The summed E-state index contributed by atoms with van der Waals surface area (Å²) in [5.74, 6) is -1.60. The monoisotopic (exact) mass is 540 g/mol. The second-order valence-electron chi connectivity index (χ2n) is 10.3. The van der Waals surface area contributed by atoms with E-state index in [4.69, 9.17) is 16.2 Å². The predicted octanol–water partition coefficient (Wildman–Crippen LogP) is 3.44. The lowest BCUT2D eigenvalue weighted by molar-refractivity contribution is 0.0750. The number of amides is 3. The second-order valence-corrected chi connectivity index (χ2v) is 10.3. The van der Waals surface area contributed by atoms with Crippen LogP contribution in [0.1, 0.15) is 95.1 Å². The SMILES string of the molecule is CCCN(CCC)C(=O)c1cc(C(N)=O)cc(C(N)=O)c1[C@H](CC(C)C)[C@@H](O)CNCc1cccc(OC)c1. The Bertz CT molecular complexity index is 1130. The van der Waals surface area contributed by atoms with Gasteiger partial charge in [0.1, 0.15) is 5.75 Å². The highest BCUT2D eigenvalue weighted by molar-refractivity contribution is 6.06. The van der Waals surface area contributed by atoms with Crippen molar-refractivity contribution in [3.8, 4) is 5.75 Å². The quantitative estimate of drug-likeness (QED) is 0.256. The lowest BCUT2D eigenvalue weighted by Crippen LogP contribution is -2.37. The van der Waals surface area contributed by atoms with Crippen LogP contribution >= 0.6 is 0 Å². The molecule has 0 aliphatic carbocycles. The van der Waals surface area contributed by atoms with Gasteiger partial charge in [0.15, 0.2) is 0 Å². The Balaban J connectivity index is 2.57. The van der Waals surface area contributed by atoms with Gasteiger partial charge < -0.3 is 31.5 Å². The van der Waals surface area contributed by atoms with Crippen molar-refractivity contribution in [1.82, 2.24) is 10.2 Å². The third kappa shape index (κ3) is 8.80. The van der Waals surface area contributed by atoms with Gasteiger partial charge in [-0.15, -0.1) is 0 Å². The lowest BCUT2D eigenvalue weighted by Gasteiger charge is -2.31. The molecule has 2 aromatic rings. The Hall–Kier alpha value is -3.43. The highest BCUT2D eigenvalue weighted by Gasteiger charge is 2.33. The number of nitrogens with zero attached hydrogens (tertiary/aromatic N) is 1. The van der Waals surface area contributed by atoms with Crippen LogP contribution in [0.15, 0.2) is 36.4 Å². The molecule has 214 valence electrons. The number of ether oxygens (including phenoxy) is 1. The van der Waals surface area contributed by atoms with Gasteiger partial charge in [-0.1, -0.05) is 39.8 Å². The number of aliphatic hydroxyl groups excluding tert-OH is 1. The molecule has 3 amide bonds. The van der Waals surface area contributed by atoms with E-state index in [0.717, 1.165) is 24.2 Å². The number of hydrogen-bond acceptors (Lipinski definition) is 6. The van der Waals surface area contributed by atoms with E-state index in [1.807, 2.05) is 52.0 Å². The van der Waals surface area contributed by atoms with E-state index in [9.17, 15) is 19.5 Å². The van der Waals surface area contributed by atoms with Gasteiger partial charge in [0.05, 0.1) is 13.2 Å². The Labute approximate surface area is 231 Å². The molecule has 0 unspecified atom stereocenters. The number of benzene rings is 2. The third-order valence-corrected chi connectivity index (χ3v) is 6.61. The van der Waals surface area contributed by atoms with Crippen molar-refractivity contribution in [1.29, 1.82) is 0 Å². The Kier molecular flexibility index (Phi) is 12.4. The zero-order valence-corrected chi connectivity index (χ0v) is 23.8. The number of carbonyl (C=O) groups excluding carboxylic acids is 3. The molecule has 0 saturated heterocycles. The van der Waals surface area contributed by atoms with Crippen molar-refractivity contribution in [2.45, 2.75) is 65.5 Å². The Morgan fingerprint density at radius 1 is 1.00 bits per heavy atom. The molecule has 9 nitrogen and oxygen atoms in total.